The van der Waals surface area contributed by atoms with Gasteiger partial charge in [-0.1, -0.05) is 12.8 Å². The van der Waals surface area contributed by atoms with Crippen molar-refractivity contribution in [3.8, 4) is 0 Å². The number of piperazine rings is 1. The monoisotopic (exact) mass is 274 g/mol. The Morgan fingerprint density at radius 1 is 1.33 bits per heavy atom. The van der Waals surface area contributed by atoms with Crippen molar-refractivity contribution in [1.82, 2.24) is 10.2 Å². The van der Waals surface area contributed by atoms with Gasteiger partial charge in [-0.2, -0.15) is 0 Å². The van der Waals surface area contributed by atoms with E-state index in [1.54, 1.807) is 4.90 Å². The predicted molar refractivity (Wildman–Crippen MR) is 70.1 cm³/mol. The lowest BCUT2D eigenvalue weighted by Gasteiger charge is -2.34. The Morgan fingerprint density at radius 2 is 2.00 bits per heavy atom. The van der Waals surface area contributed by atoms with Crippen molar-refractivity contribution in [3.05, 3.63) is 0 Å². The van der Waals surface area contributed by atoms with Crippen molar-refractivity contribution < 1.29 is 13.2 Å². The molecule has 1 saturated carbocycles. The maximum Gasteiger partial charge on any atom is 0.238 e. The number of nitrogens with zero attached hydrogens (tertiary/aromatic N) is 1. The Bertz CT molecular complexity index is 402. The second-order valence-electron chi connectivity index (χ2n) is 5.35. The molecule has 104 valence electrons. The zero-order valence-electron chi connectivity index (χ0n) is 10.9. The number of nitrogens with one attached hydrogen (secondary N) is 1. The van der Waals surface area contributed by atoms with E-state index >= 15 is 0 Å². The van der Waals surface area contributed by atoms with Gasteiger partial charge < -0.3 is 10.2 Å². The number of rotatable bonds is 3. The summed E-state index contributed by atoms with van der Waals surface area (Å²) in [5.41, 5.74) is 0. The summed E-state index contributed by atoms with van der Waals surface area (Å²) in [5, 5.41) is 2.92. The van der Waals surface area contributed by atoms with Gasteiger partial charge in [0, 0.05) is 25.7 Å². The highest BCUT2D eigenvalue weighted by atomic mass is 32.2. The van der Waals surface area contributed by atoms with Crippen molar-refractivity contribution in [3.63, 3.8) is 0 Å². The number of amides is 1. The maximum absolute atomic E-state index is 12.1. The molecular weight excluding hydrogens is 252 g/mol. The first-order valence-electron chi connectivity index (χ1n) is 6.72. The number of hydrogen-bond acceptors (Lipinski definition) is 4. The summed E-state index contributed by atoms with van der Waals surface area (Å²) in [5.74, 6) is -0.530. The molecule has 0 bridgehead atoms. The minimum absolute atomic E-state index is 0.0880. The highest BCUT2D eigenvalue weighted by Gasteiger charge is 2.33. The Hall–Kier alpha value is -0.620. The van der Waals surface area contributed by atoms with Crippen LogP contribution in [0.3, 0.4) is 0 Å². The zero-order chi connectivity index (χ0) is 13.2. The molecule has 2 rings (SSSR count). The SMILES string of the molecule is CC1CNCCN1C(=O)CS(=O)(=O)C1CCCC1. The molecule has 2 aliphatic rings. The summed E-state index contributed by atoms with van der Waals surface area (Å²) in [7, 11) is -3.24. The molecule has 1 heterocycles. The molecule has 0 aromatic rings. The molecule has 6 heteroatoms. The van der Waals surface area contributed by atoms with E-state index in [1.165, 1.54) is 0 Å². The van der Waals surface area contributed by atoms with Gasteiger partial charge >= 0.3 is 0 Å². The third kappa shape index (κ3) is 3.03. The van der Waals surface area contributed by atoms with Crippen molar-refractivity contribution in [2.45, 2.75) is 43.9 Å². The molecule has 0 aromatic carbocycles. The summed E-state index contributed by atoms with van der Waals surface area (Å²) in [6.07, 6.45) is 3.41. The van der Waals surface area contributed by atoms with Gasteiger partial charge in [-0.15, -0.1) is 0 Å². The highest BCUT2D eigenvalue weighted by Crippen LogP contribution is 2.25. The second kappa shape index (κ2) is 5.57. The third-order valence-electron chi connectivity index (χ3n) is 3.96. The van der Waals surface area contributed by atoms with Gasteiger partial charge in [0.25, 0.3) is 0 Å². The van der Waals surface area contributed by atoms with Gasteiger partial charge in [-0.25, -0.2) is 8.42 Å². The van der Waals surface area contributed by atoms with Crippen molar-refractivity contribution in [1.29, 1.82) is 0 Å². The fourth-order valence-electron chi connectivity index (χ4n) is 2.83. The molecule has 1 unspecified atom stereocenters. The summed E-state index contributed by atoms with van der Waals surface area (Å²) >= 11 is 0. The third-order valence-corrected chi connectivity index (χ3v) is 6.09. The van der Waals surface area contributed by atoms with Gasteiger partial charge in [-0.05, 0) is 19.8 Å². The lowest BCUT2D eigenvalue weighted by atomic mass is 10.2. The van der Waals surface area contributed by atoms with Crippen LogP contribution in [0, 0.1) is 0 Å². The Morgan fingerprint density at radius 3 is 2.61 bits per heavy atom. The Labute approximate surface area is 109 Å². The highest BCUT2D eigenvalue weighted by molar-refractivity contribution is 7.92. The van der Waals surface area contributed by atoms with Crippen LogP contribution >= 0.6 is 0 Å². The van der Waals surface area contributed by atoms with E-state index in [0.29, 0.717) is 6.54 Å². The minimum atomic E-state index is -3.24. The molecule has 0 aromatic heterocycles. The lowest BCUT2D eigenvalue weighted by molar-refractivity contribution is -0.131. The van der Waals surface area contributed by atoms with E-state index < -0.39 is 9.84 Å². The van der Waals surface area contributed by atoms with Gasteiger partial charge in [0.05, 0.1) is 5.25 Å². The lowest BCUT2D eigenvalue weighted by Crippen LogP contribution is -2.53. The van der Waals surface area contributed by atoms with Crippen LogP contribution < -0.4 is 5.32 Å². The molecule has 1 saturated heterocycles. The molecule has 1 aliphatic carbocycles. The molecule has 1 amide bonds. The van der Waals surface area contributed by atoms with Crippen LogP contribution in [0.2, 0.25) is 0 Å². The quantitative estimate of drug-likeness (QED) is 0.796. The van der Waals surface area contributed by atoms with Crippen LogP contribution in [0.5, 0.6) is 0 Å². The molecule has 1 N–H and O–H groups in total. The summed E-state index contributed by atoms with van der Waals surface area (Å²) in [6, 6.07) is 0.0880. The van der Waals surface area contributed by atoms with Gasteiger partial charge in [0.2, 0.25) is 5.91 Å². The standard InChI is InChI=1S/C12H22N2O3S/c1-10-8-13-6-7-14(10)12(15)9-18(16,17)11-4-2-3-5-11/h10-11,13H,2-9H2,1H3. The molecule has 1 aliphatic heterocycles. The van der Waals surface area contributed by atoms with Gasteiger partial charge in [-0.3, -0.25) is 4.79 Å². The topological polar surface area (TPSA) is 66.5 Å². The second-order valence-corrected chi connectivity index (χ2v) is 7.64. The Kier molecular flexibility index (Phi) is 4.27. The van der Waals surface area contributed by atoms with Crippen molar-refractivity contribution in [2.24, 2.45) is 0 Å². The normalized spacial score (nSPS) is 26.5. The maximum atomic E-state index is 12.1. The number of carbonyl (C=O) groups is 1. The Balaban J connectivity index is 1.97. The summed E-state index contributed by atoms with van der Waals surface area (Å²) < 4.78 is 24.3. The van der Waals surface area contributed by atoms with Crippen LogP contribution in [0.4, 0.5) is 0 Å². The van der Waals surface area contributed by atoms with E-state index in [1.807, 2.05) is 6.92 Å². The van der Waals surface area contributed by atoms with E-state index in [9.17, 15) is 13.2 Å². The largest absolute Gasteiger partial charge is 0.337 e. The molecular formula is C12H22N2O3S. The van der Waals surface area contributed by atoms with E-state index in [0.717, 1.165) is 38.8 Å². The predicted octanol–water partition coefficient (Wildman–Crippen LogP) is 0.164. The first kappa shape index (κ1) is 13.8. The van der Waals surface area contributed by atoms with E-state index in [4.69, 9.17) is 0 Å². The fourth-order valence-corrected chi connectivity index (χ4v) is 4.63. The van der Waals surface area contributed by atoms with Crippen LogP contribution in [-0.2, 0) is 14.6 Å². The van der Waals surface area contributed by atoms with Crippen LogP contribution in [-0.4, -0.2) is 55.9 Å². The zero-order valence-corrected chi connectivity index (χ0v) is 11.7. The molecule has 1 atom stereocenters. The summed E-state index contributed by atoms with van der Waals surface area (Å²) in [6.45, 7) is 4.06. The average Bonchev–Trinajstić information content (AvgIpc) is 2.82. The van der Waals surface area contributed by atoms with Gasteiger partial charge in [0.15, 0.2) is 9.84 Å². The van der Waals surface area contributed by atoms with Crippen molar-refractivity contribution >= 4 is 15.7 Å². The molecule has 18 heavy (non-hydrogen) atoms. The average molecular weight is 274 g/mol. The number of hydrogen-bond donors (Lipinski definition) is 1. The smallest absolute Gasteiger partial charge is 0.238 e. The van der Waals surface area contributed by atoms with E-state index in [2.05, 4.69) is 5.32 Å². The van der Waals surface area contributed by atoms with Crippen LogP contribution in [0.1, 0.15) is 32.6 Å². The number of sulfone groups is 1. The van der Waals surface area contributed by atoms with Crippen molar-refractivity contribution in [2.75, 3.05) is 25.4 Å². The first-order valence-corrected chi connectivity index (χ1v) is 8.44. The minimum Gasteiger partial charge on any atom is -0.337 e. The summed E-state index contributed by atoms with van der Waals surface area (Å²) in [4.78, 5) is 13.8. The fraction of sp³-hybridized carbons (Fsp3) is 0.917. The molecule has 0 spiro atoms. The number of carbonyl (C=O) groups excluding carboxylic acids is 1. The van der Waals surface area contributed by atoms with Gasteiger partial charge in [0.1, 0.15) is 5.75 Å². The van der Waals surface area contributed by atoms with Crippen LogP contribution in [0.25, 0.3) is 0 Å². The first-order chi connectivity index (χ1) is 8.50. The van der Waals surface area contributed by atoms with Crippen LogP contribution in [0.15, 0.2) is 0 Å². The molecule has 2 fully saturated rings. The van der Waals surface area contributed by atoms with E-state index in [-0.39, 0.29) is 23.0 Å². The molecule has 0 radical (unpaired) electrons. The molecule has 5 nitrogen and oxygen atoms in total.